The zero-order valence-electron chi connectivity index (χ0n) is 9.58. The second kappa shape index (κ2) is 5.36. The molecule has 0 amide bonds. The van der Waals surface area contributed by atoms with E-state index in [9.17, 15) is 8.78 Å². The Hall–Kier alpha value is -1.95. The molecule has 0 aliphatic heterocycles. The molecule has 0 bridgehead atoms. The Balaban J connectivity index is 2.37. The van der Waals surface area contributed by atoms with Gasteiger partial charge in [0.1, 0.15) is 17.4 Å². The first kappa shape index (κ1) is 13.5. The molecule has 0 heterocycles. The molecule has 19 heavy (non-hydrogen) atoms. The summed E-state index contributed by atoms with van der Waals surface area (Å²) in [5, 5.41) is 7.28. The third kappa shape index (κ3) is 2.90. The molecule has 3 nitrogen and oxygen atoms in total. The monoisotopic (exact) mass is 326 g/mol. The van der Waals surface area contributed by atoms with Gasteiger partial charge in [0.2, 0.25) is 0 Å². The van der Waals surface area contributed by atoms with Crippen molar-refractivity contribution in [1.82, 2.24) is 0 Å². The molecule has 2 aromatic rings. The van der Waals surface area contributed by atoms with Gasteiger partial charge in [0.15, 0.2) is 11.6 Å². The molecule has 0 radical (unpaired) electrons. The maximum atomic E-state index is 14.0. The van der Waals surface area contributed by atoms with Crippen molar-refractivity contribution in [2.24, 2.45) is 5.73 Å². The first-order valence-electron chi connectivity index (χ1n) is 5.25. The van der Waals surface area contributed by atoms with Crippen molar-refractivity contribution < 1.29 is 13.5 Å². The predicted molar refractivity (Wildman–Crippen MR) is 71.6 cm³/mol. The molecular formula is C13H9BrF2N2O. The number of rotatable bonds is 3. The second-order valence-electron chi connectivity index (χ2n) is 3.71. The van der Waals surface area contributed by atoms with E-state index in [0.29, 0.717) is 0 Å². The number of halogens is 3. The Kier molecular flexibility index (Phi) is 3.80. The second-order valence-corrected chi connectivity index (χ2v) is 4.51. The Morgan fingerprint density at radius 2 is 1.95 bits per heavy atom. The quantitative estimate of drug-likeness (QED) is 0.665. The van der Waals surface area contributed by atoms with Crippen LogP contribution in [0.5, 0.6) is 11.5 Å². The van der Waals surface area contributed by atoms with Crippen molar-refractivity contribution in [2.75, 3.05) is 0 Å². The Morgan fingerprint density at radius 1 is 1.21 bits per heavy atom. The predicted octanol–water partition coefficient (Wildman–Crippen LogP) is 3.80. The summed E-state index contributed by atoms with van der Waals surface area (Å²) >= 11 is 3.01. The minimum absolute atomic E-state index is 0.0360. The fraction of sp³-hybridized carbons (Fsp3) is 0. The molecule has 0 saturated heterocycles. The highest BCUT2D eigenvalue weighted by atomic mass is 79.9. The maximum absolute atomic E-state index is 14.0. The van der Waals surface area contributed by atoms with Crippen LogP contribution in [0, 0.1) is 17.0 Å². The van der Waals surface area contributed by atoms with Crippen molar-refractivity contribution in [3.8, 4) is 11.5 Å². The van der Waals surface area contributed by atoms with Crippen molar-refractivity contribution in [3.05, 3.63) is 58.1 Å². The van der Waals surface area contributed by atoms with Gasteiger partial charge in [0.25, 0.3) is 0 Å². The van der Waals surface area contributed by atoms with Gasteiger partial charge in [0.05, 0.1) is 4.47 Å². The van der Waals surface area contributed by atoms with E-state index < -0.39 is 11.6 Å². The van der Waals surface area contributed by atoms with Crippen molar-refractivity contribution >= 4 is 21.8 Å². The molecule has 0 spiro atoms. The van der Waals surface area contributed by atoms with Crippen molar-refractivity contribution in [2.45, 2.75) is 0 Å². The first-order valence-corrected chi connectivity index (χ1v) is 6.04. The highest BCUT2D eigenvalue weighted by Crippen LogP contribution is 2.31. The summed E-state index contributed by atoms with van der Waals surface area (Å²) in [6.45, 7) is 0. The molecule has 0 atom stereocenters. The van der Waals surface area contributed by atoms with Gasteiger partial charge in [-0.25, -0.2) is 8.78 Å². The fourth-order valence-electron chi connectivity index (χ4n) is 1.48. The lowest BCUT2D eigenvalue weighted by atomic mass is 10.2. The Labute approximate surface area is 116 Å². The molecule has 0 saturated carbocycles. The minimum Gasteiger partial charge on any atom is -0.454 e. The van der Waals surface area contributed by atoms with E-state index in [0.717, 1.165) is 6.07 Å². The fourth-order valence-corrected chi connectivity index (χ4v) is 2.02. The molecule has 0 aliphatic rings. The van der Waals surface area contributed by atoms with Crippen LogP contribution in [0.15, 0.2) is 40.9 Å². The average Bonchev–Trinajstić information content (AvgIpc) is 2.35. The van der Waals surface area contributed by atoms with Crippen LogP contribution in [-0.2, 0) is 0 Å². The van der Waals surface area contributed by atoms with E-state index in [-0.39, 0.29) is 27.4 Å². The zero-order valence-corrected chi connectivity index (χ0v) is 11.2. The van der Waals surface area contributed by atoms with Crippen LogP contribution in [0.3, 0.4) is 0 Å². The third-order valence-corrected chi connectivity index (χ3v) is 3.14. The van der Waals surface area contributed by atoms with Gasteiger partial charge in [0, 0.05) is 11.6 Å². The summed E-state index contributed by atoms with van der Waals surface area (Å²) in [4.78, 5) is 0. The van der Waals surface area contributed by atoms with Crippen LogP contribution in [0.4, 0.5) is 8.78 Å². The van der Waals surface area contributed by atoms with Gasteiger partial charge < -0.3 is 10.5 Å². The van der Waals surface area contributed by atoms with Crippen molar-refractivity contribution in [1.29, 1.82) is 5.41 Å². The molecule has 0 unspecified atom stereocenters. The lowest BCUT2D eigenvalue weighted by molar-refractivity contribution is 0.437. The molecule has 0 aromatic heterocycles. The van der Waals surface area contributed by atoms with Crippen LogP contribution < -0.4 is 10.5 Å². The number of nitrogens with one attached hydrogen (secondary N) is 1. The zero-order chi connectivity index (χ0) is 14.0. The standard InChI is InChI=1S/C13H9BrF2N2O/c14-11-9(13(17)18)4-5-10(12(11)16)19-8-3-1-2-7(15)6-8/h1-6H,(H3,17,18). The summed E-state index contributed by atoms with van der Waals surface area (Å²) < 4.78 is 32.3. The summed E-state index contributed by atoms with van der Waals surface area (Å²) in [5.41, 5.74) is 5.53. The minimum atomic E-state index is -0.697. The Morgan fingerprint density at radius 3 is 2.58 bits per heavy atom. The van der Waals surface area contributed by atoms with Gasteiger partial charge in [-0.15, -0.1) is 0 Å². The number of benzene rings is 2. The van der Waals surface area contributed by atoms with Crippen molar-refractivity contribution in [3.63, 3.8) is 0 Å². The van der Waals surface area contributed by atoms with Crippen LogP contribution in [0.25, 0.3) is 0 Å². The third-order valence-electron chi connectivity index (χ3n) is 2.36. The average molecular weight is 327 g/mol. The molecular weight excluding hydrogens is 318 g/mol. The topological polar surface area (TPSA) is 59.1 Å². The number of amidine groups is 1. The lowest BCUT2D eigenvalue weighted by Crippen LogP contribution is -2.12. The van der Waals surface area contributed by atoms with Gasteiger partial charge in [-0.1, -0.05) is 6.07 Å². The number of nitrogens with two attached hydrogens (primary N) is 1. The molecule has 2 aromatic carbocycles. The van der Waals surface area contributed by atoms with Gasteiger partial charge in [-0.05, 0) is 40.2 Å². The van der Waals surface area contributed by atoms with Crippen LogP contribution >= 0.6 is 15.9 Å². The number of ether oxygens (including phenoxy) is 1. The van der Waals surface area contributed by atoms with E-state index in [2.05, 4.69) is 15.9 Å². The van der Waals surface area contributed by atoms with E-state index in [4.69, 9.17) is 15.9 Å². The summed E-state index contributed by atoms with van der Waals surface area (Å²) in [5.74, 6) is -1.33. The number of hydrogen-bond donors (Lipinski definition) is 2. The summed E-state index contributed by atoms with van der Waals surface area (Å²) in [7, 11) is 0. The number of hydrogen-bond acceptors (Lipinski definition) is 2. The molecule has 6 heteroatoms. The molecule has 2 rings (SSSR count). The summed E-state index contributed by atoms with van der Waals surface area (Å²) in [6, 6.07) is 8.16. The smallest absolute Gasteiger partial charge is 0.180 e. The van der Waals surface area contributed by atoms with Crippen LogP contribution in [0.1, 0.15) is 5.56 Å². The normalized spacial score (nSPS) is 10.3. The van der Waals surface area contributed by atoms with E-state index in [1.807, 2.05) is 0 Å². The van der Waals surface area contributed by atoms with E-state index in [1.54, 1.807) is 0 Å². The number of nitrogen functional groups attached to an aromatic ring is 1. The lowest BCUT2D eigenvalue weighted by Gasteiger charge is -2.10. The maximum Gasteiger partial charge on any atom is 0.180 e. The molecule has 0 fully saturated rings. The SMILES string of the molecule is N=C(N)c1ccc(Oc2cccc(F)c2)c(F)c1Br. The molecule has 98 valence electrons. The largest absolute Gasteiger partial charge is 0.454 e. The van der Waals surface area contributed by atoms with Gasteiger partial charge in [-0.3, -0.25) is 5.41 Å². The highest BCUT2D eigenvalue weighted by Gasteiger charge is 2.14. The van der Waals surface area contributed by atoms with Crippen LogP contribution in [0.2, 0.25) is 0 Å². The van der Waals surface area contributed by atoms with Crippen LogP contribution in [-0.4, -0.2) is 5.84 Å². The van der Waals surface area contributed by atoms with Gasteiger partial charge >= 0.3 is 0 Å². The molecule has 3 N–H and O–H groups in total. The first-order chi connectivity index (χ1) is 8.99. The van der Waals surface area contributed by atoms with E-state index in [1.165, 1.54) is 30.3 Å². The highest BCUT2D eigenvalue weighted by molar-refractivity contribution is 9.10. The van der Waals surface area contributed by atoms with Gasteiger partial charge in [-0.2, -0.15) is 0 Å². The molecule has 0 aliphatic carbocycles. The van der Waals surface area contributed by atoms with E-state index >= 15 is 0 Å². The Bertz CT molecular complexity index is 647. The summed E-state index contributed by atoms with van der Waals surface area (Å²) in [6.07, 6.45) is 0.